The number of nitrogens with one attached hydrogen (secondary N) is 3. The number of benzene rings is 3. The van der Waals surface area contributed by atoms with Crippen molar-refractivity contribution in [1.82, 2.24) is 15.0 Å². The summed E-state index contributed by atoms with van der Waals surface area (Å²) in [6.45, 7) is 1.56. The van der Waals surface area contributed by atoms with E-state index in [0.29, 0.717) is 28.1 Å². The van der Waals surface area contributed by atoms with E-state index in [2.05, 4.69) is 10.3 Å². The number of likely N-dealkylation sites (N-methyl/N-ethyl adjacent to an activating group) is 1. The van der Waals surface area contributed by atoms with Crippen molar-refractivity contribution in [3.05, 3.63) is 106 Å². The third-order valence-electron chi connectivity index (χ3n) is 6.05. The molecule has 3 aromatic carbocycles. The summed E-state index contributed by atoms with van der Waals surface area (Å²) in [5.41, 5.74) is 0.373. The van der Waals surface area contributed by atoms with Gasteiger partial charge < -0.3 is 15.2 Å². The number of carbonyl (C=O) groups excluding carboxylic acids is 2. The number of aromatic nitrogens is 1. The molecule has 3 N–H and O–H groups in total. The highest BCUT2D eigenvalue weighted by molar-refractivity contribution is 7.90. The summed E-state index contributed by atoms with van der Waals surface area (Å²) in [7, 11) is -2.90. The van der Waals surface area contributed by atoms with Crippen LogP contribution in [-0.2, 0) is 21.2 Å². The molecule has 39 heavy (non-hydrogen) atoms. The Morgan fingerprint density at radius 1 is 1.00 bits per heavy atom. The van der Waals surface area contributed by atoms with Crippen LogP contribution in [0.2, 0.25) is 0 Å². The molecule has 0 fully saturated rings. The van der Waals surface area contributed by atoms with Crippen LogP contribution in [0, 0.1) is 18.6 Å². The lowest BCUT2D eigenvalue weighted by atomic mass is 10.0. The zero-order valence-electron chi connectivity index (χ0n) is 20.9. The fourth-order valence-electron chi connectivity index (χ4n) is 4.13. The van der Waals surface area contributed by atoms with Crippen LogP contribution in [0.5, 0.6) is 0 Å². The maximum atomic E-state index is 13.9. The number of hydrogen-bond acceptors (Lipinski definition) is 5. The number of urea groups is 1. The number of halogens is 2. The van der Waals surface area contributed by atoms with Gasteiger partial charge in [-0.1, -0.05) is 24.3 Å². The molecule has 202 valence electrons. The van der Waals surface area contributed by atoms with Crippen molar-refractivity contribution in [3.8, 4) is 0 Å². The minimum Gasteiger partial charge on any atom is -0.329 e. The average molecular weight is 555 g/mol. The van der Waals surface area contributed by atoms with Gasteiger partial charge in [-0.15, -0.1) is 0 Å². The van der Waals surface area contributed by atoms with Crippen molar-refractivity contribution in [3.63, 3.8) is 0 Å². The predicted molar refractivity (Wildman–Crippen MR) is 142 cm³/mol. The number of anilines is 1. The summed E-state index contributed by atoms with van der Waals surface area (Å²) in [5, 5.41) is 3.26. The van der Waals surface area contributed by atoms with Gasteiger partial charge in [0.1, 0.15) is 17.7 Å². The van der Waals surface area contributed by atoms with Crippen LogP contribution in [0.4, 0.5) is 19.3 Å². The Kier molecular flexibility index (Phi) is 7.77. The van der Waals surface area contributed by atoms with Crippen LogP contribution in [0.3, 0.4) is 0 Å². The van der Waals surface area contributed by atoms with Gasteiger partial charge in [-0.25, -0.2) is 26.7 Å². The quantitative estimate of drug-likeness (QED) is 0.323. The Morgan fingerprint density at radius 2 is 1.69 bits per heavy atom. The first-order chi connectivity index (χ1) is 18.4. The molecule has 0 saturated heterocycles. The summed E-state index contributed by atoms with van der Waals surface area (Å²) < 4.78 is 55.1. The minimum atomic E-state index is -4.29. The van der Waals surface area contributed by atoms with Gasteiger partial charge in [0.15, 0.2) is 0 Å². The molecule has 0 aliphatic carbocycles. The van der Waals surface area contributed by atoms with E-state index in [1.807, 2.05) is 4.72 Å². The molecule has 3 amide bonds. The summed E-state index contributed by atoms with van der Waals surface area (Å²) in [6, 6.07) is 12.4. The lowest BCUT2D eigenvalue weighted by Crippen LogP contribution is -2.52. The van der Waals surface area contributed by atoms with Gasteiger partial charge in [0.05, 0.1) is 4.90 Å². The number of hydrogen-bond donors (Lipinski definition) is 3. The number of fused-ring (bicyclic) bond motifs is 1. The number of aromatic amines is 1. The fraction of sp³-hybridized carbons (Fsp3) is 0.148. The maximum Gasteiger partial charge on any atom is 0.329 e. The Hall–Kier alpha value is -4.58. The third-order valence-corrected chi connectivity index (χ3v) is 7.54. The van der Waals surface area contributed by atoms with E-state index in [4.69, 9.17) is 0 Å². The second-order valence-corrected chi connectivity index (χ2v) is 10.5. The summed E-state index contributed by atoms with van der Waals surface area (Å²) in [4.78, 5) is 42.1. The first kappa shape index (κ1) is 27.5. The van der Waals surface area contributed by atoms with Gasteiger partial charge >= 0.3 is 6.03 Å². The van der Waals surface area contributed by atoms with Crippen molar-refractivity contribution >= 4 is 38.4 Å². The summed E-state index contributed by atoms with van der Waals surface area (Å²) in [6.07, 6.45) is 1.13. The SMILES string of the molecule is Cc1ccccc1S(=O)(=O)NC(=O)NC(Cc1cc(F)cc(F)c1)C(=O)N(C)c1ccc2cc[nH]c(=O)c2c1. The van der Waals surface area contributed by atoms with Gasteiger partial charge in [-0.3, -0.25) is 9.59 Å². The van der Waals surface area contributed by atoms with E-state index in [0.717, 1.165) is 17.0 Å². The number of carbonyl (C=O) groups is 2. The molecule has 0 spiro atoms. The van der Waals surface area contributed by atoms with E-state index < -0.39 is 39.6 Å². The van der Waals surface area contributed by atoms with Gasteiger partial charge in [0.25, 0.3) is 15.6 Å². The molecule has 1 heterocycles. The van der Waals surface area contributed by atoms with Crippen molar-refractivity contribution < 1.29 is 26.8 Å². The van der Waals surface area contributed by atoms with Crippen molar-refractivity contribution in [1.29, 1.82) is 0 Å². The molecule has 1 aromatic heterocycles. The molecule has 4 aromatic rings. The van der Waals surface area contributed by atoms with Gasteiger partial charge in [-0.05, 0) is 59.8 Å². The number of amides is 3. The van der Waals surface area contributed by atoms with Crippen molar-refractivity contribution in [2.75, 3.05) is 11.9 Å². The van der Waals surface area contributed by atoms with E-state index in [1.54, 1.807) is 37.3 Å². The van der Waals surface area contributed by atoms with Gasteiger partial charge in [0.2, 0.25) is 5.91 Å². The van der Waals surface area contributed by atoms with Crippen LogP contribution in [-0.4, -0.2) is 38.4 Å². The Balaban J connectivity index is 1.63. The normalized spacial score (nSPS) is 12.1. The highest BCUT2D eigenvalue weighted by Gasteiger charge is 2.28. The monoisotopic (exact) mass is 554 g/mol. The smallest absolute Gasteiger partial charge is 0.329 e. The van der Waals surface area contributed by atoms with E-state index in [-0.39, 0.29) is 22.4 Å². The fourth-order valence-corrected chi connectivity index (χ4v) is 5.29. The molecular weight excluding hydrogens is 530 g/mol. The molecule has 1 atom stereocenters. The van der Waals surface area contributed by atoms with Crippen LogP contribution in [0.15, 0.2) is 82.6 Å². The number of pyridine rings is 1. The Bertz CT molecular complexity index is 1720. The Morgan fingerprint density at radius 3 is 2.38 bits per heavy atom. The van der Waals surface area contributed by atoms with Crippen LogP contribution in [0.25, 0.3) is 10.8 Å². The maximum absolute atomic E-state index is 13.9. The molecule has 9 nitrogen and oxygen atoms in total. The second kappa shape index (κ2) is 11.0. The van der Waals surface area contributed by atoms with Gasteiger partial charge in [-0.2, -0.15) is 0 Å². The van der Waals surface area contributed by atoms with E-state index in [1.165, 1.54) is 31.4 Å². The number of sulfonamides is 1. The number of rotatable bonds is 7. The molecule has 0 aliphatic rings. The van der Waals surface area contributed by atoms with Crippen molar-refractivity contribution in [2.24, 2.45) is 0 Å². The van der Waals surface area contributed by atoms with E-state index in [9.17, 15) is 31.6 Å². The molecule has 0 radical (unpaired) electrons. The standard InChI is InChI=1S/C27H24F2N4O5S/c1-16-5-3-4-6-24(16)39(37,38)32-27(36)31-23(13-17-11-19(28)14-20(29)12-17)26(35)33(2)21-8-7-18-9-10-30-25(34)22(18)15-21/h3-12,14-15,23H,13H2,1-2H3,(H,30,34)(H2,31,32,36). The highest BCUT2D eigenvalue weighted by Crippen LogP contribution is 2.21. The molecule has 1 unspecified atom stereocenters. The molecule has 0 saturated carbocycles. The van der Waals surface area contributed by atoms with Gasteiger partial charge in [0, 0.05) is 36.8 Å². The Labute approximate surface area is 222 Å². The number of H-pyrrole nitrogens is 1. The minimum absolute atomic E-state index is 0.0521. The molecule has 12 heteroatoms. The largest absolute Gasteiger partial charge is 0.329 e. The van der Waals surface area contributed by atoms with Crippen LogP contribution < -0.4 is 20.5 Å². The summed E-state index contributed by atoms with van der Waals surface area (Å²) in [5.74, 6) is -2.50. The molecule has 0 bridgehead atoms. The predicted octanol–water partition coefficient (Wildman–Crippen LogP) is 3.38. The number of nitrogens with zero attached hydrogens (tertiary/aromatic N) is 1. The lowest BCUT2D eigenvalue weighted by molar-refractivity contribution is -0.120. The van der Waals surface area contributed by atoms with E-state index >= 15 is 0 Å². The lowest BCUT2D eigenvalue weighted by Gasteiger charge is -2.25. The molecule has 4 rings (SSSR count). The zero-order chi connectivity index (χ0) is 28.3. The third kappa shape index (κ3) is 6.29. The van der Waals surface area contributed by atoms with Crippen molar-refractivity contribution in [2.45, 2.75) is 24.3 Å². The average Bonchev–Trinajstić information content (AvgIpc) is 2.86. The molecular formula is C27H24F2N4O5S. The second-order valence-electron chi connectivity index (χ2n) is 8.85. The number of aryl methyl sites for hydroxylation is 1. The topological polar surface area (TPSA) is 128 Å². The highest BCUT2D eigenvalue weighted by atomic mass is 32.2. The summed E-state index contributed by atoms with van der Waals surface area (Å²) >= 11 is 0. The van der Waals surface area contributed by atoms with Crippen LogP contribution in [0.1, 0.15) is 11.1 Å². The van der Waals surface area contributed by atoms with Crippen LogP contribution >= 0.6 is 0 Å². The zero-order valence-corrected chi connectivity index (χ0v) is 21.7. The first-order valence-corrected chi connectivity index (χ1v) is 13.2. The molecule has 0 aliphatic heterocycles. The first-order valence-electron chi connectivity index (χ1n) is 11.7.